The summed E-state index contributed by atoms with van der Waals surface area (Å²) in [7, 11) is -1.81. The maximum Gasteiger partial charge on any atom is 0.247 e. The van der Waals surface area contributed by atoms with Crippen LogP contribution in [0.25, 0.3) is 0 Å². The van der Waals surface area contributed by atoms with Gasteiger partial charge in [0.05, 0.1) is 24.0 Å². The van der Waals surface area contributed by atoms with Gasteiger partial charge in [0.1, 0.15) is 10.6 Å². The molecular weight excluding hydrogens is 338 g/mol. The van der Waals surface area contributed by atoms with Gasteiger partial charge in [0.2, 0.25) is 10.0 Å². The molecule has 1 saturated heterocycles. The van der Waals surface area contributed by atoms with Gasteiger partial charge in [-0.15, -0.1) is 0 Å². The Kier molecular flexibility index (Phi) is 4.88. The number of sulfonamides is 1. The molecule has 6 nitrogen and oxygen atoms in total. The molecule has 0 bridgehead atoms. The fourth-order valence-corrected chi connectivity index (χ4v) is 5.64. The smallest absolute Gasteiger partial charge is 0.247 e. The summed E-state index contributed by atoms with van der Waals surface area (Å²) >= 11 is 0. The Labute approximate surface area is 149 Å². The molecule has 0 amide bonds. The van der Waals surface area contributed by atoms with E-state index in [-0.39, 0.29) is 6.04 Å². The molecule has 7 heteroatoms. The highest BCUT2D eigenvalue weighted by Gasteiger charge is 2.38. The Morgan fingerprint density at radius 1 is 1.24 bits per heavy atom. The summed E-state index contributed by atoms with van der Waals surface area (Å²) in [6.07, 6.45) is 1.68. The quantitative estimate of drug-likeness (QED) is 0.819. The van der Waals surface area contributed by atoms with Crippen molar-refractivity contribution in [1.29, 1.82) is 0 Å². The van der Waals surface area contributed by atoms with Gasteiger partial charge in [-0.2, -0.15) is 9.40 Å². The normalized spacial score (nSPS) is 18.6. The summed E-state index contributed by atoms with van der Waals surface area (Å²) in [6, 6.07) is 7.60. The maximum atomic E-state index is 13.3. The van der Waals surface area contributed by atoms with Crippen LogP contribution in [-0.2, 0) is 17.1 Å². The standard InChI is InChI=1S/C18H25N3O3S/c1-5-24-16-10-8-15(9-11-16)17-7-6-12-21(17)25(22,23)18-13(2)19-20(4)14(18)3/h8-11,17H,5-7,12H2,1-4H3. The minimum absolute atomic E-state index is 0.139. The van der Waals surface area contributed by atoms with Crippen LogP contribution in [-0.4, -0.2) is 35.7 Å². The van der Waals surface area contributed by atoms with Crippen molar-refractivity contribution in [3.63, 3.8) is 0 Å². The van der Waals surface area contributed by atoms with Crippen molar-refractivity contribution >= 4 is 10.0 Å². The van der Waals surface area contributed by atoms with E-state index in [0.717, 1.165) is 24.2 Å². The van der Waals surface area contributed by atoms with E-state index in [2.05, 4.69) is 5.10 Å². The number of aryl methyl sites for hydroxylation is 2. The van der Waals surface area contributed by atoms with Crippen molar-refractivity contribution in [2.24, 2.45) is 7.05 Å². The lowest BCUT2D eigenvalue weighted by atomic mass is 10.1. The Morgan fingerprint density at radius 3 is 2.48 bits per heavy atom. The lowest BCUT2D eigenvalue weighted by Gasteiger charge is -2.24. The minimum Gasteiger partial charge on any atom is -0.494 e. The van der Waals surface area contributed by atoms with Crippen LogP contribution in [0.15, 0.2) is 29.2 Å². The Balaban J connectivity index is 1.95. The van der Waals surface area contributed by atoms with Crippen LogP contribution in [0.2, 0.25) is 0 Å². The molecule has 2 aromatic rings. The molecule has 2 heterocycles. The Morgan fingerprint density at radius 2 is 1.92 bits per heavy atom. The molecule has 1 unspecified atom stereocenters. The van der Waals surface area contributed by atoms with Gasteiger partial charge < -0.3 is 4.74 Å². The molecule has 1 aliphatic heterocycles. The number of hydrogen-bond donors (Lipinski definition) is 0. The van der Waals surface area contributed by atoms with E-state index in [1.165, 1.54) is 0 Å². The van der Waals surface area contributed by atoms with E-state index < -0.39 is 10.0 Å². The van der Waals surface area contributed by atoms with E-state index >= 15 is 0 Å². The summed E-state index contributed by atoms with van der Waals surface area (Å²) < 4.78 is 35.3. The third-order valence-corrected chi connectivity index (χ3v) is 6.95. The first kappa shape index (κ1) is 17.9. The first-order valence-corrected chi connectivity index (χ1v) is 10.0. The van der Waals surface area contributed by atoms with E-state index in [4.69, 9.17) is 4.74 Å². The lowest BCUT2D eigenvalue weighted by Crippen LogP contribution is -2.31. The largest absolute Gasteiger partial charge is 0.494 e. The fraction of sp³-hybridized carbons (Fsp3) is 0.500. The van der Waals surface area contributed by atoms with Crippen molar-refractivity contribution in [3.8, 4) is 5.75 Å². The first-order chi connectivity index (χ1) is 11.9. The summed E-state index contributed by atoms with van der Waals surface area (Å²) in [4.78, 5) is 0.341. The highest BCUT2D eigenvalue weighted by atomic mass is 32.2. The minimum atomic E-state index is -3.58. The molecule has 136 valence electrons. The number of nitrogens with zero attached hydrogens (tertiary/aromatic N) is 3. The van der Waals surface area contributed by atoms with Gasteiger partial charge in [0.15, 0.2) is 0 Å². The molecule has 1 atom stereocenters. The van der Waals surface area contributed by atoms with E-state index in [9.17, 15) is 8.42 Å². The topological polar surface area (TPSA) is 64.4 Å². The molecule has 1 aromatic heterocycles. The number of ether oxygens (including phenoxy) is 1. The van der Waals surface area contributed by atoms with Crippen LogP contribution < -0.4 is 4.74 Å². The molecule has 0 N–H and O–H groups in total. The molecule has 3 rings (SSSR count). The average molecular weight is 363 g/mol. The van der Waals surface area contributed by atoms with E-state index in [1.807, 2.05) is 31.2 Å². The van der Waals surface area contributed by atoms with Crippen LogP contribution >= 0.6 is 0 Å². The second kappa shape index (κ2) is 6.80. The first-order valence-electron chi connectivity index (χ1n) is 8.61. The van der Waals surface area contributed by atoms with Gasteiger partial charge >= 0.3 is 0 Å². The molecule has 0 aliphatic carbocycles. The van der Waals surface area contributed by atoms with Crippen molar-refractivity contribution in [3.05, 3.63) is 41.2 Å². The van der Waals surface area contributed by atoms with Crippen molar-refractivity contribution in [2.75, 3.05) is 13.2 Å². The Bertz CT molecular complexity index is 856. The zero-order valence-electron chi connectivity index (χ0n) is 15.2. The predicted octanol–water partition coefficient (Wildman–Crippen LogP) is 2.96. The summed E-state index contributed by atoms with van der Waals surface area (Å²) in [5.41, 5.74) is 2.23. The van der Waals surface area contributed by atoms with Crippen LogP contribution in [0.1, 0.15) is 42.8 Å². The highest BCUT2D eigenvalue weighted by molar-refractivity contribution is 7.89. The molecule has 0 spiro atoms. The van der Waals surface area contributed by atoms with Crippen molar-refractivity contribution in [1.82, 2.24) is 14.1 Å². The highest BCUT2D eigenvalue weighted by Crippen LogP contribution is 2.38. The van der Waals surface area contributed by atoms with Gasteiger partial charge in [-0.1, -0.05) is 12.1 Å². The summed E-state index contributed by atoms with van der Waals surface area (Å²) in [5, 5.41) is 4.27. The second-order valence-corrected chi connectivity index (χ2v) is 8.23. The SMILES string of the molecule is CCOc1ccc(C2CCCN2S(=O)(=O)c2c(C)nn(C)c2C)cc1. The third-order valence-electron chi connectivity index (χ3n) is 4.79. The van der Waals surface area contributed by atoms with Gasteiger partial charge in [0.25, 0.3) is 0 Å². The zero-order chi connectivity index (χ0) is 18.2. The van der Waals surface area contributed by atoms with Gasteiger partial charge in [-0.05, 0) is 51.3 Å². The van der Waals surface area contributed by atoms with Crippen LogP contribution in [0.5, 0.6) is 5.75 Å². The summed E-state index contributed by atoms with van der Waals surface area (Å²) in [6.45, 7) is 6.64. The van der Waals surface area contributed by atoms with Crippen LogP contribution in [0, 0.1) is 13.8 Å². The van der Waals surface area contributed by atoms with Gasteiger partial charge in [-0.3, -0.25) is 4.68 Å². The number of benzene rings is 1. The molecule has 1 aliphatic rings. The van der Waals surface area contributed by atoms with Crippen molar-refractivity contribution < 1.29 is 13.2 Å². The molecular formula is C18H25N3O3S. The Hall–Kier alpha value is -1.86. The van der Waals surface area contributed by atoms with Gasteiger partial charge in [0, 0.05) is 13.6 Å². The third kappa shape index (κ3) is 3.18. The molecule has 1 fully saturated rings. The van der Waals surface area contributed by atoms with Crippen LogP contribution in [0.3, 0.4) is 0 Å². The summed E-state index contributed by atoms with van der Waals surface area (Å²) in [5.74, 6) is 0.803. The zero-order valence-corrected chi connectivity index (χ0v) is 16.0. The molecule has 25 heavy (non-hydrogen) atoms. The van der Waals surface area contributed by atoms with Gasteiger partial charge in [-0.25, -0.2) is 8.42 Å². The number of rotatable bonds is 5. The average Bonchev–Trinajstić information content (AvgIpc) is 3.14. The molecule has 0 saturated carbocycles. The van der Waals surface area contributed by atoms with E-state index in [0.29, 0.717) is 29.4 Å². The molecule has 0 radical (unpaired) electrons. The number of aromatic nitrogens is 2. The number of hydrogen-bond acceptors (Lipinski definition) is 4. The lowest BCUT2D eigenvalue weighted by molar-refractivity contribution is 0.339. The predicted molar refractivity (Wildman–Crippen MR) is 96.2 cm³/mol. The van der Waals surface area contributed by atoms with Crippen LogP contribution in [0.4, 0.5) is 0 Å². The molecule has 1 aromatic carbocycles. The van der Waals surface area contributed by atoms with Crippen molar-refractivity contribution in [2.45, 2.75) is 44.6 Å². The van der Waals surface area contributed by atoms with E-state index in [1.54, 1.807) is 29.9 Å². The maximum absolute atomic E-state index is 13.3. The fourth-order valence-electron chi connectivity index (χ4n) is 3.56. The second-order valence-electron chi connectivity index (χ2n) is 6.40. The monoisotopic (exact) mass is 363 g/mol.